The summed E-state index contributed by atoms with van der Waals surface area (Å²) in [5.41, 5.74) is -0.272. The fourth-order valence-electron chi connectivity index (χ4n) is 0.914. The fraction of sp³-hybridized carbons (Fsp3) is 0.111. The zero-order valence-electron chi connectivity index (χ0n) is 7.21. The zero-order chi connectivity index (χ0) is 11.5. The highest BCUT2D eigenvalue weighted by atomic mass is 19.4. The Labute approximate surface area is 82.7 Å². The lowest BCUT2D eigenvalue weighted by Crippen LogP contribution is -2.18. The molecular formula is C9H4F3NO2. The number of carbonyl (C=O) groups is 1. The maximum Gasteiger partial charge on any atom is 0.573 e. The van der Waals surface area contributed by atoms with Crippen LogP contribution in [0.25, 0.3) is 0 Å². The van der Waals surface area contributed by atoms with Gasteiger partial charge in [-0.15, -0.1) is 13.2 Å². The van der Waals surface area contributed by atoms with E-state index in [1.165, 1.54) is 6.07 Å². The van der Waals surface area contributed by atoms with E-state index in [0.717, 1.165) is 12.1 Å². The molecule has 1 aromatic rings. The van der Waals surface area contributed by atoms with Crippen LogP contribution in [0.4, 0.5) is 13.2 Å². The summed E-state index contributed by atoms with van der Waals surface area (Å²) in [5.74, 6) is -0.670. The number of nitrogens with zero attached hydrogens (tertiary/aromatic N) is 1. The minimum atomic E-state index is -4.88. The van der Waals surface area contributed by atoms with Crippen LogP contribution >= 0.6 is 0 Å². The Morgan fingerprint density at radius 3 is 2.53 bits per heavy atom. The summed E-state index contributed by atoms with van der Waals surface area (Å²) in [6, 6.07) is 4.82. The van der Waals surface area contributed by atoms with Gasteiger partial charge in [-0.2, -0.15) is 5.26 Å². The molecule has 0 aliphatic carbocycles. The van der Waals surface area contributed by atoms with E-state index in [4.69, 9.17) is 5.26 Å². The van der Waals surface area contributed by atoms with Crippen LogP contribution in [-0.2, 0) is 0 Å². The highest BCUT2D eigenvalue weighted by Gasteiger charge is 2.32. The number of carbonyl (C=O) groups excluding carboxylic acids is 1. The first-order valence-electron chi connectivity index (χ1n) is 3.71. The molecule has 15 heavy (non-hydrogen) atoms. The van der Waals surface area contributed by atoms with E-state index in [-0.39, 0.29) is 17.4 Å². The molecule has 0 spiro atoms. The van der Waals surface area contributed by atoms with Crippen LogP contribution in [0.1, 0.15) is 15.9 Å². The van der Waals surface area contributed by atoms with Crippen molar-refractivity contribution >= 4 is 6.29 Å². The van der Waals surface area contributed by atoms with Gasteiger partial charge in [-0.1, -0.05) is 0 Å². The van der Waals surface area contributed by atoms with Crippen molar-refractivity contribution in [1.82, 2.24) is 0 Å². The van der Waals surface area contributed by atoms with Crippen molar-refractivity contribution in [3.63, 3.8) is 0 Å². The Bertz CT molecular complexity index is 420. The molecular weight excluding hydrogens is 211 g/mol. The van der Waals surface area contributed by atoms with Gasteiger partial charge in [0, 0.05) is 0 Å². The predicted octanol–water partition coefficient (Wildman–Crippen LogP) is 2.27. The van der Waals surface area contributed by atoms with Gasteiger partial charge in [0.05, 0.1) is 17.2 Å². The molecule has 0 radical (unpaired) electrons. The van der Waals surface area contributed by atoms with E-state index in [1.54, 1.807) is 6.07 Å². The molecule has 3 nitrogen and oxygen atoms in total. The zero-order valence-corrected chi connectivity index (χ0v) is 7.21. The Kier molecular flexibility index (Phi) is 2.95. The smallest absolute Gasteiger partial charge is 0.405 e. The Morgan fingerprint density at radius 1 is 1.40 bits per heavy atom. The van der Waals surface area contributed by atoms with E-state index >= 15 is 0 Å². The average molecular weight is 215 g/mol. The van der Waals surface area contributed by atoms with Crippen LogP contribution in [0.3, 0.4) is 0 Å². The lowest BCUT2D eigenvalue weighted by atomic mass is 10.1. The van der Waals surface area contributed by atoms with Crippen molar-refractivity contribution < 1.29 is 22.7 Å². The molecule has 0 unspecified atom stereocenters. The maximum atomic E-state index is 11.9. The number of rotatable bonds is 2. The van der Waals surface area contributed by atoms with Gasteiger partial charge in [-0.25, -0.2) is 0 Å². The normalized spacial score (nSPS) is 10.5. The van der Waals surface area contributed by atoms with Crippen LogP contribution in [0.2, 0.25) is 0 Å². The van der Waals surface area contributed by atoms with Crippen LogP contribution in [0, 0.1) is 11.3 Å². The van der Waals surface area contributed by atoms with Crippen molar-refractivity contribution in [2.45, 2.75) is 6.36 Å². The molecule has 1 aromatic carbocycles. The Hall–Kier alpha value is -2.03. The highest BCUT2D eigenvalue weighted by molar-refractivity contribution is 5.79. The number of ether oxygens (including phenoxy) is 1. The number of aldehydes is 1. The van der Waals surface area contributed by atoms with E-state index in [1.807, 2.05) is 0 Å². The molecule has 0 heterocycles. The van der Waals surface area contributed by atoms with Crippen molar-refractivity contribution in [1.29, 1.82) is 5.26 Å². The van der Waals surface area contributed by atoms with Gasteiger partial charge in [-0.05, 0) is 18.2 Å². The number of hydrogen-bond donors (Lipinski definition) is 0. The molecule has 0 N–H and O–H groups in total. The summed E-state index contributed by atoms with van der Waals surface area (Å²) in [6.07, 6.45) is -4.66. The monoisotopic (exact) mass is 215 g/mol. The SMILES string of the molecule is N#Cc1ccc(C=O)c(OC(F)(F)F)c1. The Balaban J connectivity index is 3.13. The summed E-state index contributed by atoms with van der Waals surface area (Å²) in [6.45, 7) is 0. The molecule has 0 aliphatic heterocycles. The first-order valence-corrected chi connectivity index (χ1v) is 3.71. The molecule has 0 saturated carbocycles. The number of benzene rings is 1. The van der Waals surface area contributed by atoms with Gasteiger partial charge in [0.2, 0.25) is 0 Å². The van der Waals surface area contributed by atoms with Crippen LogP contribution in [0.5, 0.6) is 5.75 Å². The number of nitriles is 1. The highest BCUT2D eigenvalue weighted by Crippen LogP contribution is 2.26. The van der Waals surface area contributed by atoms with Crippen molar-refractivity contribution in [3.05, 3.63) is 29.3 Å². The quantitative estimate of drug-likeness (QED) is 0.711. The summed E-state index contributed by atoms with van der Waals surface area (Å²) >= 11 is 0. The van der Waals surface area contributed by atoms with Crippen molar-refractivity contribution in [3.8, 4) is 11.8 Å². The second-order valence-electron chi connectivity index (χ2n) is 2.53. The van der Waals surface area contributed by atoms with E-state index < -0.39 is 12.1 Å². The molecule has 0 aliphatic rings. The molecule has 0 bridgehead atoms. The lowest BCUT2D eigenvalue weighted by molar-refractivity contribution is -0.274. The van der Waals surface area contributed by atoms with Crippen LogP contribution < -0.4 is 4.74 Å². The summed E-state index contributed by atoms with van der Waals surface area (Å²) in [4.78, 5) is 10.4. The van der Waals surface area contributed by atoms with Gasteiger partial charge in [0.1, 0.15) is 5.75 Å². The third-order valence-corrected chi connectivity index (χ3v) is 1.50. The van der Waals surface area contributed by atoms with E-state index in [9.17, 15) is 18.0 Å². The lowest BCUT2D eigenvalue weighted by Gasteiger charge is -2.10. The van der Waals surface area contributed by atoms with Gasteiger partial charge in [0.25, 0.3) is 0 Å². The second-order valence-corrected chi connectivity index (χ2v) is 2.53. The number of hydrogen-bond acceptors (Lipinski definition) is 3. The molecule has 0 saturated heterocycles. The van der Waals surface area contributed by atoms with E-state index in [0.29, 0.717) is 0 Å². The number of halogens is 3. The van der Waals surface area contributed by atoms with Crippen molar-refractivity contribution in [2.75, 3.05) is 0 Å². The summed E-state index contributed by atoms with van der Waals surface area (Å²) in [7, 11) is 0. The molecule has 0 aromatic heterocycles. The summed E-state index contributed by atoms with van der Waals surface area (Å²) < 4.78 is 39.2. The van der Waals surface area contributed by atoms with Crippen LogP contribution in [-0.4, -0.2) is 12.6 Å². The Morgan fingerprint density at radius 2 is 2.07 bits per heavy atom. The second kappa shape index (κ2) is 4.00. The van der Waals surface area contributed by atoms with Crippen LogP contribution in [0.15, 0.2) is 18.2 Å². The molecule has 6 heteroatoms. The minimum Gasteiger partial charge on any atom is -0.405 e. The third kappa shape index (κ3) is 2.98. The fourth-order valence-corrected chi connectivity index (χ4v) is 0.914. The van der Waals surface area contributed by atoms with E-state index in [2.05, 4.69) is 4.74 Å². The molecule has 0 atom stereocenters. The maximum absolute atomic E-state index is 11.9. The minimum absolute atomic E-state index is 0.0140. The number of alkyl halides is 3. The average Bonchev–Trinajstić information content (AvgIpc) is 2.15. The molecule has 0 amide bonds. The van der Waals surface area contributed by atoms with Gasteiger partial charge >= 0.3 is 6.36 Å². The standard InChI is InChI=1S/C9H4F3NO2/c10-9(11,12)15-8-3-6(4-13)1-2-7(8)5-14/h1-3,5H. The van der Waals surface area contributed by atoms with Crippen molar-refractivity contribution in [2.24, 2.45) is 0 Å². The molecule has 1 rings (SSSR count). The predicted molar refractivity (Wildman–Crippen MR) is 43.2 cm³/mol. The molecule has 0 fully saturated rings. The molecule has 78 valence electrons. The summed E-state index contributed by atoms with van der Waals surface area (Å²) in [5, 5.41) is 8.45. The first-order chi connectivity index (χ1) is 6.96. The van der Waals surface area contributed by atoms with Gasteiger partial charge in [0.15, 0.2) is 6.29 Å². The third-order valence-electron chi connectivity index (χ3n) is 1.50. The van der Waals surface area contributed by atoms with Gasteiger partial charge < -0.3 is 4.74 Å². The first kappa shape index (κ1) is 11.0. The largest absolute Gasteiger partial charge is 0.573 e. The van der Waals surface area contributed by atoms with Gasteiger partial charge in [-0.3, -0.25) is 4.79 Å². The topological polar surface area (TPSA) is 50.1 Å².